The molecule has 1 aliphatic heterocycles. The minimum absolute atomic E-state index is 0.176. The summed E-state index contributed by atoms with van der Waals surface area (Å²) in [4.78, 5) is 25.5. The highest BCUT2D eigenvalue weighted by molar-refractivity contribution is 6.08. The highest BCUT2D eigenvalue weighted by Crippen LogP contribution is 2.37. The molecular formula is C22H17NO3. The van der Waals surface area contributed by atoms with Gasteiger partial charge in [0.2, 0.25) is 0 Å². The van der Waals surface area contributed by atoms with E-state index in [1.54, 1.807) is 11.0 Å². The zero-order valence-corrected chi connectivity index (χ0v) is 14.1. The Labute approximate surface area is 151 Å². The number of phenols is 1. The van der Waals surface area contributed by atoms with E-state index in [9.17, 15) is 14.7 Å². The van der Waals surface area contributed by atoms with Crippen molar-refractivity contribution < 1.29 is 14.7 Å². The van der Waals surface area contributed by atoms with E-state index in [2.05, 4.69) is 18.2 Å². The molecular weight excluding hydrogens is 326 g/mol. The van der Waals surface area contributed by atoms with Gasteiger partial charge in [-0.25, -0.2) is 0 Å². The molecule has 0 radical (unpaired) electrons. The fourth-order valence-corrected chi connectivity index (χ4v) is 3.47. The molecule has 128 valence electrons. The summed E-state index contributed by atoms with van der Waals surface area (Å²) in [6.45, 7) is 0.591. The maximum absolute atomic E-state index is 12.9. The molecule has 4 rings (SSSR count). The number of carbonyl (C=O) groups is 2. The molecule has 0 spiro atoms. The van der Waals surface area contributed by atoms with Crippen LogP contribution in [0.4, 0.5) is 5.69 Å². The Balaban J connectivity index is 1.71. The van der Waals surface area contributed by atoms with Crippen LogP contribution in [0.5, 0.6) is 5.75 Å². The maximum atomic E-state index is 12.9. The van der Waals surface area contributed by atoms with Crippen LogP contribution < -0.4 is 4.90 Å². The van der Waals surface area contributed by atoms with Gasteiger partial charge < -0.3 is 10.0 Å². The minimum atomic E-state index is -0.179. The second kappa shape index (κ2) is 6.48. The van der Waals surface area contributed by atoms with E-state index in [0.717, 1.165) is 28.8 Å². The van der Waals surface area contributed by atoms with Crippen molar-refractivity contribution in [2.75, 3.05) is 11.4 Å². The molecule has 0 saturated heterocycles. The highest BCUT2D eigenvalue weighted by atomic mass is 16.3. The number of carbonyl (C=O) groups excluding carboxylic acids is 2. The van der Waals surface area contributed by atoms with Crippen molar-refractivity contribution in [2.24, 2.45) is 0 Å². The number of hydrogen-bond acceptors (Lipinski definition) is 3. The predicted molar refractivity (Wildman–Crippen MR) is 101 cm³/mol. The Kier molecular flexibility index (Phi) is 4.01. The predicted octanol–water partition coefficient (Wildman–Crippen LogP) is 4.07. The van der Waals surface area contributed by atoms with Gasteiger partial charge in [-0.15, -0.1) is 0 Å². The quantitative estimate of drug-likeness (QED) is 0.729. The Bertz CT molecular complexity index is 996. The first-order valence-electron chi connectivity index (χ1n) is 8.46. The minimum Gasteiger partial charge on any atom is -0.507 e. The first kappa shape index (κ1) is 16.1. The third-order valence-corrected chi connectivity index (χ3v) is 4.76. The van der Waals surface area contributed by atoms with E-state index >= 15 is 0 Å². The molecule has 0 aromatic heterocycles. The molecule has 0 atom stereocenters. The first-order chi connectivity index (χ1) is 12.7. The number of amides is 1. The number of nitrogens with zero attached hydrogens (tertiary/aromatic N) is 1. The molecule has 0 saturated carbocycles. The molecule has 1 aliphatic rings. The molecule has 0 unspecified atom stereocenters. The fourth-order valence-electron chi connectivity index (χ4n) is 3.47. The lowest BCUT2D eigenvalue weighted by Gasteiger charge is -2.18. The van der Waals surface area contributed by atoms with Gasteiger partial charge in [-0.1, -0.05) is 42.5 Å². The van der Waals surface area contributed by atoms with Gasteiger partial charge in [-0.2, -0.15) is 0 Å². The number of anilines is 1. The van der Waals surface area contributed by atoms with Gasteiger partial charge in [0, 0.05) is 17.8 Å². The van der Waals surface area contributed by atoms with Crippen molar-refractivity contribution >= 4 is 17.9 Å². The summed E-state index contributed by atoms with van der Waals surface area (Å²) >= 11 is 0. The molecule has 0 aliphatic carbocycles. The van der Waals surface area contributed by atoms with Gasteiger partial charge in [0.25, 0.3) is 5.91 Å². The summed E-state index contributed by atoms with van der Waals surface area (Å²) in [5, 5.41) is 9.87. The zero-order valence-electron chi connectivity index (χ0n) is 14.1. The molecule has 4 heteroatoms. The van der Waals surface area contributed by atoms with E-state index in [1.807, 2.05) is 30.3 Å². The van der Waals surface area contributed by atoms with Crippen LogP contribution in [0, 0.1) is 0 Å². The van der Waals surface area contributed by atoms with Crippen LogP contribution in [-0.4, -0.2) is 23.8 Å². The second-order valence-corrected chi connectivity index (χ2v) is 6.27. The van der Waals surface area contributed by atoms with Gasteiger partial charge >= 0.3 is 0 Å². The van der Waals surface area contributed by atoms with Gasteiger partial charge in [0.1, 0.15) is 5.75 Å². The Morgan fingerprint density at radius 2 is 1.81 bits per heavy atom. The average Bonchev–Trinajstić information content (AvgIpc) is 3.12. The lowest BCUT2D eigenvalue weighted by molar-refractivity contribution is 0.0988. The standard InChI is InChI=1S/C22H17NO3/c24-14-17-10-9-16(13-21(17)25)22(26)23-12-11-19-18(7-4-8-20(19)23)15-5-2-1-3-6-15/h1-10,13-14,25H,11-12H2. The smallest absolute Gasteiger partial charge is 0.258 e. The second-order valence-electron chi connectivity index (χ2n) is 6.27. The van der Waals surface area contributed by atoms with Gasteiger partial charge in [-0.3, -0.25) is 9.59 Å². The Morgan fingerprint density at radius 1 is 1.00 bits per heavy atom. The van der Waals surface area contributed by atoms with Crippen LogP contribution in [0.15, 0.2) is 66.7 Å². The van der Waals surface area contributed by atoms with Gasteiger partial charge in [-0.05, 0) is 47.4 Å². The van der Waals surface area contributed by atoms with Crippen molar-refractivity contribution in [3.8, 4) is 16.9 Å². The third-order valence-electron chi connectivity index (χ3n) is 4.76. The van der Waals surface area contributed by atoms with Crippen molar-refractivity contribution in [3.05, 3.63) is 83.4 Å². The molecule has 1 N–H and O–H groups in total. The number of aromatic hydroxyl groups is 1. The monoisotopic (exact) mass is 343 g/mol. The van der Waals surface area contributed by atoms with Crippen molar-refractivity contribution in [3.63, 3.8) is 0 Å². The van der Waals surface area contributed by atoms with Crippen molar-refractivity contribution in [1.82, 2.24) is 0 Å². The van der Waals surface area contributed by atoms with Crippen molar-refractivity contribution in [1.29, 1.82) is 0 Å². The molecule has 1 heterocycles. The van der Waals surface area contributed by atoms with Crippen LogP contribution >= 0.6 is 0 Å². The van der Waals surface area contributed by atoms with E-state index in [-0.39, 0.29) is 17.2 Å². The number of fused-ring (bicyclic) bond motifs is 1. The van der Waals surface area contributed by atoms with E-state index in [4.69, 9.17) is 0 Å². The molecule has 4 nitrogen and oxygen atoms in total. The number of hydrogen-bond donors (Lipinski definition) is 1. The number of rotatable bonds is 3. The molecule has 26 heavy (non-hydrogen) atoms. The lowest BCUT2D eigenvalue weighted by Crippen LogP contribution is -2.28. The summed E-state index contributed by atoms with van der Waals surface area (Å²) < 4.78 is 0. The maximum Gasteiger partial charge on any atom is 0.258 e. The summed E-state index contributed by atoms with van der Waals surface area (Å²) in [6, 6.07) is 20.5. The number of benzene rings is 3. The highest BCUT2D eigenvalue weighted by Gasteiger charge is 2.27. The first-order valence-corrected chi connectivity index (χ1v) is 8.46. The van der Waals surface area contributed by atoms with Crippen LogP contribution in [0.2, 0.25) is 0 Å². The molecule has 3 aromatic rings. The van der Waals surface area contributed by atoms with Crippen LogP contribution in [0.3, 0.4) is 0 Å². The van der Waals surface area contributed by atoms with Crippen LogP contribution in [0.25, 0.3) is 11.1 Å². The van der Waals surface area contributed by atoms with E-state index in [0.29, 0.717) is 18.4 Å². The Hall–Kier alpha value is -3.40. The molecule has 1 amide bonds. The molecule has 3 aromatic carbocycles. The normalized spacial score (nSPS) is 12.7. The summed E-state index contributed by atoms with van der Waals surface area (Å²) in [5.41, 5.74) is 4.86. The number of phenolic OH excluding ortho intramolecular Hbond substituents is 1. The van der Waals surface area contributed by atoms with Crippen molar-refractivity contribution in [2.45, 2.75) is 6.42 Å². The lowest BCUT2D eigenvalue weighted by atomic mass is 9.98. The number of aldehydes is 1. The summed E-state index contributed by atoms with van der Waals surface area (Å²) in [7, 11) is 0. The third kappa shape index (κ3) is 2.65. The summed E-state index contributed by atoms with van der Waals surface area (Å²) in [6.07, 6.45) is 1.35. The fraction of sp³-hybridized carbons (Fsp3) is 0.0909. The largest absolute Gasteiger partial charge is 0.507 e. The topological polar surface area (TPSA) is 57.6 Å². The van der Waals surface area contributed by atoms with E-state index in [1.165, 1.54) is 12.1 Å². The molecule has 0 fully saturated rings. The molecule has 0 bridgehead atoms. The van der Waals surface area contributed by atoms with E-state index < -0.39 is 0 Å². The zero-order chi connectivity index (χ0) is 18.1. The van der Waals surface area contributed by atoms with Crippen LogP contribution in [0.1, 0.15) is 26.3 Å². The van der Waals surface area contributed by atoms with Gasteiger partial charge in [0.15, 0.2) is 6.29 Å². The van der Waals surface area contributed by atoms with Gasteiger partial charge in [0.05, 0.1) is 5.56 Å². The SMILES string of the molecule is O=Cc1ccc(C(=O)N2CCc3c(-c4ccccc4)cccc32)cc1O. The summed E-state index contributed by atoms with van der Waals surface area (Å²) in [5.74, 6) is -0.356. The Morgan fingerprint density at radius 3 is 2.54 bits per heavy atom. The average molecular weight is 343 g/mol. The van der Waals surface area contributed by atoms with Crippen LogP contribution in [-0.2, 0) is 6.42 Å².